The Morgan fingerprint density at radius 2 is 2.00 bits per heavy atom. The fourth-order valence-electron chi connectivity index (χ4n) is 1.59. The Morgan fingerprint density at radius 3 is 2.50 bits per heavy atom. The summed E-state index contributed by atoms with van der Waals surface area (Å²) in [6, 6.07) is 4.28. The Hall–Kier alpha value is -1.55. The molecule has 2 N–H and O–H groups in total. The summed E-state index contributed by atoms with van der Waals surface area (Å²) >= 11 is 6.02. The number of hydrogen-bond acceptors (Lipinski definition) is 2. The maximum atomic E-state index is 13.2. The molecule has 0 saturated heterocycles. The average molecular weight is 240 g/mol. The number of halogens is 2. The number of nitrogens with zero attached hydrogens (tertiary/aromatic N) is 2. The smallest absolute Gasteiger partial charge is 0.127 e. The zero-order chi connectivity index (χ0) is 11.9. The zero-order valence-corrected chi connectivity index (χ0v) is 9.72. The van der Waals surface area contributed by atoms with Gasteiger partial charge in [-0.2, -0.15) is 5.10 Å². The summed E-state index contributed by atoms with van der Waals surface area (Å²) in [5.41, 5.74) is 7.99. The highest BCUT2D eigenvalue weighted by Crippen LogP contribution is 2.23. The monoisotopic (exact) mass is 239 g/mol. The van der Waals surface area contributed by atoms with Crippen LogP contribution in [0.1, 0.15) is 11.4 Å². The van der Waals surface area contributed by atoms with Crippen molar-refractivity contribution in [3.05, 3.63) is 40.4 Å². The lowest BCUT2D eigenvalue weighted by atomic mass is 10.2. The van der Waals surface area contributed by atoms with Gasteiger partial charge in [-0.3, -0.25) is 0 Å². The first-order valence-electron chi connectivity index (χ1n) is 4.77. The third kappa shape index (κ3) is 1.76. The van der Waals surface area contributed by atoms with Crippen LogP contribution in [0.15, 0.2) is 18.2 Å². The number of aromatic nitrogens is 2. The molecule has 2 rings (SSSR count). The molecule has 84 valence electrons. The van der Waals surface area contributed by atoms with Crippen molar-refractivity contribution < 1.29 is 4.39 Å². The number of hydrogen-bond donors (Lipinski definition) is 1. The van der Waals surface area contributed by atoms with E-state index in [0.29, 0.717) is 22.1 Å². The SMILES string of the molecule is Cc1nn(-c2cc(N)cc(F)c2)c(C)c1Cl. The van der Waals surface area contributed by atoms with E-state index in [4.69, 9.17) is 17.3 Å². The summed E-state index contributed by atoms with van der Waals surface area (Å²) in [7, 11) is 0. The van der Waals surface area contributed by atoms with Crippen LogP contribution in [0, 0.1) is 19.7 Å². The second-order valence-electron chi connectivity index (χ2n) is 3.64. The highest BCUT2D eigenvalue weighted by Gasteiger charge is 2.11. The van der Waals surface area contributed by atoms with E-state index in [9.17, 15) is 4.39 Å². The molecule has 0 atom stereocenters. The summed E-state index contributed by atoms with van der Waals surface area (Å²) in [6.07, 6.45) is 0. The van der Waals surface area contributed by atoms with Crippen LogP contribution in [0.3, 0.4) is 0 Å². The number of aryl methyl sites for hydroxylation is 1. The van der Waals surface area contributed by atoms with Crippen molar-refractivity contribution in [3.8, 4) is 5.69 Å². The van der Waals surface area contributed by atoms with Crippen molar-refractivity contribution in [3.63, 3.8) is 0 Å². The van der Waals surface area contributed by atoms with Gasteiger partial charge in [0.15, 0.2) is 0 Å². The Kier molecular flexibility index (Phi) is 2.59. The van der Waals surface area contributed by atoms with E-state index in [1.165, 1.54) is 12.1 Å². The van der Waals surface area contributed by atoms with Gasteiger partial charge in [-0.15, -0.1) is 0 Å². The topological polar surface area (TPSA) is 43.8 Å². The molecular weight excluding hydrogens is 229 g/mol. The number of anilines is 1. The van der Waals surface area contributed by atoms with Crippen molar-refractivity contribution in [2.24, 2.45) is 0 Å². The lowest BCUT2D eigenvalue weighted by Crippen LogP contribution is -2.01. The van der Waals surface area contributed by atoms with Crippen molar-refractivity contribution in [1.29, 1.82) is 0 Å². The minimum Gasteiger partial charge on any atom is -0.399 e. The highest BCUT2D eigenvalue weighted by molar-refractivity contribution is 6.31. The van der Waals surface area contributed by atoms with Crippen LogP contribution >= 0.6 is 11.6 Å². The molecule has 0 fully saturated rings. The average Bonchev–Trinajstić information content (AvgIpc) is 2.44. The van der Waals surface area contributed by atoms with Crippen molar-refractivity contribution >= 4 is 17.3 Å². The van der Waals surface area contributed by atoms with Crippen LogP contribution in [0.5, 0.6) is 0 Å². The van der Waals surface area contributed by atoms with E-state index < -0.39 is 5.82 Å². The number of benzene rings is 1. The van der Waals surface area contributed by atoms with Crippen LogP contribution in [-0.2, 0) is 0 Å². The summed E-state index contributed by atoms with van der Waals surface area (Å²) in [5, 5.41) is 4.81. The van der Waals surface area contributed by atoms with Gasteiger partial charge in [-0.1, -0.05) is 11.6 Å². The Balaban J connectivity index is 2.62. The molecule has 5 heteroatoms. The lowest BCUT2D eigenvalue weighted by molar-refractivity contribution is 0.625. The molecule has 0 spiro atoms. The first kappa shape index (κ1) is 11.0. The molecule has 0 bridgehead atoms. The van der Waals surface area contributed by atoms with Gasteiger partial charge >= 0.3 is 0 Å². The predicted molar refractivity (Wildman–Crippen MR) is 62.4 cm³/mol. The maximum Gasteiger partial charge on any atom is 0.127 e. The fraction of sp³-hybridized carbons (Fsp3) is 0.182. The summed E-state index contributed by atoms with van der Waals surface area (Å²) < 4.78 is 14.8. The van der Waals surface area contributed by atoms with Crippen molar-refractivity contribution in [1.82, 2.24) is 9.78 Å². The molecular formula is C11H11ClFN3. The van der Waals surface area contributed by atoms with Crippen molar-refractivity contribution in [2.75, 3.05) is 5.73 Å². The summed E-state index contributed by atoms with van der Waals surface area (Å²) in [4.78, 5) is 0. The van der Waals surface area contributed by atoms with Gasteiger partial charge in [0.2, 0.25) is 0 Å². The normalized spacial score (nSPS) is 10.8. The van der Waals surface area contributed by atoms with Crippen molar-refractivity contribution in [2.45, 2.75) is 13.8 Å². The van der Waals surface area contributed by atoms with E-state index in [1.807, 2.05) is 6.92 Å². The molecule has 0 aliphatic carbocycles. The van der Waals surface area contributed by atoms with Gasteiger partial charge in [0, 0.05) is 5.69 Å². The van der Waals surface area contributed by atoms with Crippen LogP contribution in [0.2, 0.25) is 5.02 Å². The molecule has 3 nitrogen and oxygen atoms in total. The molecule has 0 saturated carbocycles. The third-order valence-corrected chi connectivity index (χ3v) is 2.90. The largest absolute Gasteiger partial charge is 0.399 e. The lowest BCUT2D eigenvalue weighted by Gasteiger charge is -2.05. The first-order chi connectivity index (χ1) is 7.49. The molecule has 1 heterocycles. The second-order valence-corrected chi connectivity index (χ2v) is 4.02. The van der Waals surface area contributed by atoms with Gasteiger partial charge in [-0.25, -0.2) is 9.07 Å². The number of nitrogen functional groups attached to an aromatic ring is 1. The van der Waals surface area contributed by atoms with E-state index in [-0.39, 0.29) is 0 Å². The Bertz CT molecular complexity index is 528. The number of rotatable bonds is 1. The van der Waals surface area contributed by atoms with Gasteiger partial charge in [0.1, 0.15) is 5.82 Å². The van der Waals surface area contributed by atoms with E-state index in [1.54, 1.807) is 17.7 Å². The fourth-order valence-corrected chi connectivity index (χ4v) is 1.71. The highest BCUT2D eigenvalue weighted by atomic mass is 35.5. The van der Waals surface area contributed by atoms with Crippen LogP contribution < -0.4 is 5.73 Å². The molecule has 2 aromatic rings. The molecule has 1 aromatic carbocycles. The third-order valence-electron chi connectivity index (χ3n) is 2.35. The Morgan fingerprint density at radius 1 is 1.31 bits per heavy atom. The molecule has 0 aliphatic rings. The van der Waals surface area contributed by atoms with Gasteiger partial charge in [0.25, 0.3) is 0 Å². The van der Waals surface area contributed by atoms with Crippen LogP contribution in [0.25, 0.3) is 5.69 Å². The quantitative estimate of drug-likeness (QED) is 0.778. The molecule has 0 unspecified atom stereocenters. The predicted octanol–water partition coefficient (Wildman–Crippen LogP) is 2.86. The number of nitrogens with two attached hydrogens (primary N) is 1. The maximum absolute atomic E-state index is 13.2. The zero-order valence-electron chi connectivity index (χ0n) is 8.96. The summed E-state index contributed by atoms with van der Waals surface area (Å²) in [5.74, 6) is -0.390. The standard InChI is InChI=1S/C11H11ClFN3/c1-6-11(12)7(2)16(15-6)10-4-8(13)3-9(14)5-10/h3-5H,14H2,1-2H3. The second kappa shape index (κ2) is 3.79. The molecule has 16 heavy (non-hydrogen) atoms. The minimum absolute atomic E-state index is 0.360. The van der Waals surface area contributed by atoms with E-state index in [0.717, 1.165) is 5.69 Å². The van der Waals surface area contributed by atoms with Gasteiger partial charge in [-0.05, 0) is 32.0 Å². The Labute approximate surface area is 97.6 Å². The molecule has 0 amide bonds. The van der Waals surface area contributed by atoms with E-state index >= 15 is 0 Å². The van der Waals surface area contributed by atoms with Crippen LogP contribution in [-0.4, -0.2) is 9.78 Å². The molecule has 1 aromatic heterocycles. The first-order valence-corrected chi connectivity index (χ1v) is 5.15. The minimum atomic E-state index is -0.390. The van der Waals surface area contributed by atoms with Crippen LogP contribution in [0.4, 0.5) is 10.1 Å². The van der Waals surface area contributed by atoms with Gasteiger partial charge in [0.05, 0.1) is 22.1 Å². The van der Waals surface area contributed by atoms with E-state index in [2.05, 4.69) is 5.10 Å². The molecule has 0 aliphatic heterocycles. The van der Waals surface area contributed by atoms with Gasteiger partial charge < -0.3 is 5.73 Å². The summed E-state index contributed by atoms with van der Waals surface area (Å²) in [6.45, 7) is 3.62. The molecule has 0 radical (unpaired) electrons.